The normalized spacial score (nSPS) is 24.4. The van der Waals surface area contributed by atoms with Crippen molar-refractivity contribution in [3.63, 3.8) is 0 Å². The lowest BCUT2D eigenvalue weighted by atomic mass is 9.84. The molecule has 4 unspecified atom stereocenters. The second kappa shape index (κ2) is 7.99. The Kier molecular flexibility index (Phi) is 5.28. The molecule has 142 valence electrons. The molecule has 2 bridgehead atoms. The molecule has 2 aromatic rings. The third-order valence-electron chi connectivity index (χ3n) is 5.88. The molecule has 1 N–H and O–H groups in total. The van der Waals surface area contributed by atoms with E-state index in [4.69, 9.17) is 9.47 Å². The SMILES string of the molecule is CC(NC(=O)COc1ccc(Oc2ccccn2)cc1)C1CC2CCC1C2. The van der Waals surface area contributed by atoms with Gasteiger partial charge in [-0.25, -0.2) is 4.98 Å². The largest absolute Gasteiger partial charge is 0.484 e. The second-order valence-electron chi connectivity index (χ2n) is 7.73. The highest BCUT2D eigenvalue weighted by Gasteiger charge is 2.42. The average molecular weight is 366 g/mol. The summed E-state index contributed by atoms with van der Waals surface area (Å²) < 4.78 is 11.3. The van der Waals surface area contributed by atoms with Gasteiger partial charge in [0.2, 0.25) is 5.88 Å². The minimum Gasteiger partial charge on any atom is -0.484 e. The third-order valence-corrected chi connectivity index (χ3v) is 5.88. The van der Waals surface area contributed by atoms with Crippen LogP contribution in [0.3, 0.4) is 0 Å². The summed E-state index contributed by atoms with van der Waals surface area (Å²) in [6, 6.07) is 12.9. The summed E-state index contributed by atoms with van der Waals surface area (Å²) in [5.74, 6) is 4.14. The predicted molar refractivity (Wildman–Crippen MR) is 103 cm³/mol. The minimum absolute atomic E-state index is 0.0333. The summed E-state index contributed by atoms with van der Waals surface area (Å²) >= 11 is 0. The van der Waals surface area contributed by atoms with Crippen molar-refractivity contribution < 1.29 is 14.3 Å². The van der Waals surface area contributed by atoms with Crippen LogP contribution in [0.5, 0.6) is 17.4 Å². The Morgan fingerprint density at radius 2 is 1.96 bits per heavy atom. The number of nitrogens with one attached hydrogen (secondary N) is 1. The van der Waals surface area contributed by atoms with E-state index in [0.29, 0.717) is 23.3 Å². The van der Waals surface area contributed by atoms with E-state index in [1.54, 1.807) is 36.5 Å². The molecule has 2 saturated carbocycles. The molecule has 1 heterocycles. The van der Waals surface area contributed by atoms with Crippen molar-refractivity contribution in [3.05, 3.63) is 48.7 Å². The molecule has 5 nitrogen and oxygen atoms in total. The summed E-state index contributed by atoms with van der Waals surface area (Å²) in [5, 5.41) is 3.12. The second-order valence-corrected chi connectivity index (χ2v) is 7.73. The smallest absolute Gasteiger partial charge is 0.258 e. The number of benzene rings is 1. The number of ether oxygens (including phenoxy) is 2. The van der Waals surface area contributed by atoms with E-state index >= 15 is 0 Å². The van der Waals surface area contributed by atoms with Crippen LogP contribution in [0.25, 0.3) is 0 Å². The average Bonchev–Trinajstić information content (AvgIpc) is 3.32. The zero-order valence-electron chi connectivity index (χ0n) is 15.6. The van der Waals surface area contributed by atoms with E-state index in [-0.39, 0.29) is 18.6 Å². The Labute approximate surface area is 160 Å². The van der Waals surface area contributed by atoms with Gasteiger partial charge < -0.3 is 14.8 Å². The molecule has 1 amide bonds. The first-order chi connectivity index (χ1) is 13.2. The van der Waals surface area contributed by atoms with Crippen molar-refractivity contribution in [2.75, 3.05) is 6.61 Å². The van der Waals surface area contributed by atoms with E-state index in [1.807, 2.05) is 12.1 Å². The number of carbonyl (C=O) groups is 1. The van der Waals surface area contributed by atoms with Crippen molar-refractivity contribution in [2.45, 2.75) is 38.6 Å². The molecular formula is C22H26N2O3. The van der Waals surface area contributed by atoms with Crippen LogP contribution in [0.4, 0.5) is 0 Å². The van der Waals surface area contributed by atoms with Crippen LogP contribution >= 0.6 is 0 Å². The van der Waals surface area contributed by atoms with Crippen molar-refractivity contribution >= 4 is 5.91 Å². The van der Waals surface area contributed by atoms with Gasteiger partial charge in [-0.2, -0.15) is 0 Å². The number of aromatic nitrogens is 1. The lowest BCUT2D eigenvalue weighted by Gasteiger charge is -2.28. The van der Waals surface area contributed by atoms with Crippen molar-refractivity contribution in [1.82, 2.24) is 10.3 Å². The van der Waals surface area contributed by atoms with Crippen LogP contribution in [-0.4, -0.2) is 23.5 Å². The summed E-state index contributed by atoms with van der Waals surface area (Å²) in [5.41, 5.74) is 0. The summed E-state index contributed by atoms with van der Waals surface area (Å²) in [7, 11) is 0. The molecule has 4 rings (SSSR count). The maximum absolute atomic E-state index is 12.2. The molecule has 4 atom stereocenters. The highest BCUT2D eigenvalue weighted by molar-refractivity contribution is 5.77. The molecule has 2 aliphatic rings. The van der Waals surface area contributed by atoms with Crippen LogP contribution in [0.15, 0.2) is 48.7 Å². The van der Waals surface area contributed by atoms with Gasteiger partial charge in [0.1, 0.15) is 11.5 Å². The molecule has 2 fully saturated rings. The lowest BCUT2D eigenvalue weighted by molar-refractivity contribution is -0.124. The van der Waals surface area contributed by atoms with Crippen molar-refractivity contribution in [3.8, 4) is 17.4 Å². The number of amides is 1. The number of nitrogens with zero attached hydrogens (tertiary/aromatic N) is 1. The van der Waals surface area contributed by atoms with Gasteiger partial charge in [-0.1, -0.05) is 12.5 Å². The van der Waals surface area contributed by atoms with E-state index in [0.717, 1.165) is 11.8 Å². The lowest BCUT2D eigenvalue weighted by Crippen LogP contribution is -2.42. The summed E-state index contributed by atoms with van der Waals surface area (Å²) in [6.07, 6.45) is 7.02. The Morgan fingerprint density at radius 1 is 1.15 bits per heavy atom. The fraction of sp³-hybridized carbons (Fsp3) is 0.455. The Morgan fingerprint density at radius 3 is 2.63 bits per heavy atom. The Hall–Kier alpha value is -2.56. The van der Waals surface area contributed by atoms with Gasteiger partial charge in [0.25, 0.3) is 5.91 Å². The molecule has 0 aliphatic heterocycles. The van der Waals surface area contributed by atoms with Crippen molar-refractivity contribution in [2.24, 2.45) is 17.8 Å². The highest BCUT2D eigenvalue weighted by atomic mass is 16.5. The van der Waals surface area contributed by atoms with Gasteiger partial charge >= 0.3 is 0 Å². The third kappa shape index (κ3) is 4.41. The van der Waals surface area contributed by atoms with Crippen LogP contribution in [0, 0.1) is 17.8 Å². The molecular weight excluding hydrogens is 340 g/mol. The molecule has 0 saturated heterocycles. The first-order valence-corrected chi connectivity index (χ1v) is 9.78. The van der Waals surface area contributed by atoms with Crippen LogP contribution < -0.4 is 14.8 Å². The molecule has 5 heteroatoms. The van der Waals surface area contributed by atoms with Crippen LogP contribution in [0.2, 0.25) is 0 Å². The van der Waals surface area contributed by atoms with Gasteiger partial charge in [0.05, 0.1) is 0 Å². The topological polar surface area (TPSA) is 60.5 Å². The zero-order chi connectivity index (χ0) is 18.6. The fourth-order valence-corrected chi connectivity index (χ4v) is 4.59. The number of hydrogen-bond acceptors (Lipinski definition) is 4. The van der Waals surface area contributed by atoms with Gasteiger partial charge in [-0.15, -0.1) is 0 Å². The molecule has 0 radical (unpaired) electrons. The number of carbonyl (C=O) groups excluding carboxylic acids is 1. The summed E-state index contributed by atoms with van der Waals surface area (Å²) in [6.45, 7) is 2.17. The zero-order valence-corrected chi connectivity index (χ0v) is 15.6. The molecule has 1 aromatic heterocycles. The number of hydrogen-bond donors (Lipinski definition) is 1. The predicted octanol–water partition coefficient (Wildman–Crippen LogP) is 4.19. The fourth-order valence-electron chi connectivity index (χ4n) is 4.59. The highest BCUT2D eigenvalue weighted by Crippen LogP contribution is 2.49. The molecule has 0 spiro atoms. The maximum Gasteiger partial charge on any atom is 0.258 e. The van der Waals surface area contributed by atoms with Crippen molar-refractivity contribution in [1.29, 1.82) is 0 Å². The van der Waals surface area contributed by atoms with E-state index in [2.05, 4.69) is 17.2 Å². The molecule has 1 aromatic carbocycles. The van der Waals surface area contributed by atoms with E-state index in [1.165, 1.54) is 25.7 Å². The van der Waals surface area contributed by atoms with Gasteiger partial charge in [0.15, 0.2) is 6.61 Å². The standard InChI is InChI=1S/C22H26N2O3/c1-15(20-13-16-5-6-17(20)12-16)24-21(25)14-26-18-7-9-19(10-8-18)27-22-4-2-3-11-23-22/h2-4,7-11,15-17,20H,5-6,12-14H2,1H3,(H,24,25). The quantitative estimate of drug-likeness (QED) is 0.798. The summed E-state index contributed by atoms with van der Waals surface area (Å²) in [4.78, 5) is 16.4. The number of rotatable bonds is 7. The van der Waals surface area contributed by atoms with Gasteiger partial charge in [-0.05, 0) is 74.3 Å². The van der Waals surface area contributed by atoms with Crippen LogP contribution in [0.1, 0.15) is 32.6 Å². The maximum atomic E-state index is 12.2. The van der Waals surface area contributed by atoms with Gasteiger partial charge in [0, 0.05) is 18.3 Å². The molecule has 2 aliphatic carbocycles. The first-order valence-electron chi connectivity index (χ1n) is 9.78. The van der Waals surface area contributed by atoms with E-state index in [9.17, 15) is 4.79 Å². The Bertz CT molecular complexity index is 763. The Balaban J connectivity index is 1.23. The van der Waals surface area contributed by atoms with Gasteiger partial charge in [-0.3, -0.25) is 4.79 Å². The monoisotopic (exact) mass is 366 g/mol. The minimum atomic E-state index is -0.0564. The number of fused-ring (bicyclic) bond motifs is 2. The molecule has 27 heavy (non-hydrogen) atoms. The number of pyridine rings is 1. The van der Waals surface area contributed by atoms with E-state index < -0.39 is 0 Å². The first kappa shape index (κ1) is 17.8. The van der Waals surface area contributed by atoms with Crippen LogP contribution in [-0.2, 0) is 4.79 Å².